The van der Waals surface area contributed by atoms with Crippen LogP contribution in [0.25, 0.3) is 10.4 Å². The van der Waals surface area contributed by atoms with Crippen LogP contribution in [-0.2, 0) is 21.3 Å². The summed E-state index contributed by atoms with van der Waals surface area (Å²) < 4.78 is 10.3. The van der Waals surface area contributed by atoms with Crippen LogP contribution >= 0.6 is 22.7 Å². The zero-order valence-electron chi connectivity index (χ0n) is 27.6. The van der Waals surface area contributed by atoms with E-state index in [1.807, 2.05) is 29.6 Å². The number of aromatic hydroxyl groups is 1. The number of hydrogen-bond acceptors (Lipinski definition) is 9. The van der Waals surface area contributed by atoms with Gasteiger partial charge in [0.1, 0.15) is 12.3 Å². The molecule has 0 radical (unpaired) electrons. The van der Waals surface area contributed by atoms with E-state index in [0.29, 0.717) is 59.4 Å². The molecule has 2 heterocycles. The Hall–Kier alpha value is -3.96. The molecule has 0 aliphatic rings. The second kappa shape index (κ2) is 16.7. The number of Topliss-reactive ketones (excluding diaryl/α,β-unsaturated/α-hetero) is 2. The number of benzene rings is 2. The van der Waals surface area contributed by atoms with Crippen molar-refractivity contribution < 1.29 is 29.0 Å². The fourth-order valence-electron chi connectivity index (χ4n) is 4.71. The summed E-state index contributed by atoms with van der Waals surface area (Å²) in [7, 11) is 1.61. The van der Waals surface area contributed by atoms with Crippen LogP contribution in [0.1, 0.15) is 80.5 Å². The Morgan fingerprint density at radius 2 is 1.57 bits per heavy atom. The largest absolute Gasteiger partial charge is 0.506 e. The maximum Gasteiger partial charge on any atom is 0.251 e. The number of nitrogens with one attached hydrogen (secondary N) is 1. The number of ether oxygens (including phenoxy) is 2. The van der Waals surface area contributed by atoms with Gasteiger partial charge in [0.05, 0.1) is 34.5 Å². The number of aryl methyl sites for hydroxylation is 1. The molecular formula is C37H42N2O6S2. The van der Waals surface area contributed by atoms with Crippen molar-refractivity contribution in [3.8, 4) is 16.2 Å². The van der Waals surface area contributed by atoms with Gasteiger partial charge < -0.3 is 19.9 Å². The van der Waals surface area contributed by atoms with Crippen LogP contribution < -0.4 is 5.32 Å². The molecule has 0 atom stereocenters. The summed E-state index contributed by atoms with van der Waals surface area (Å²) in [5, 5.41) is 15.6. The molecule has 1 amide bonds. The predicted molar refractivity (Wildman–Crippen MR) is 190 cm³/mol. The van der Waals surface area contributed by atoms with Crippen LogP contribution in [0.5, 0.6) is 5.75 Å². The molecule has 0 saturated heterocycles. The SMILES string of the molecule is COCCOCCNC(=O)c1ccc(CCC(=O)c2ccc(C(=O)CN=C(C)c3csc(-c4ccc(C(C)(C)C)cc4)c3O)s2)cc1. The Kier molecular flexibility index (Phi) is 12.8. The summed E-state index contributed by atoms with van der Waals surface area (Å²) in [5.41, 5.74) is 4.86. The van der Waals surface area contributed by atoms with E-state index in [1.165, 1.54) is 28.2 Å². The first kappa shape index (κ1) is 35.9. The fourth-order valence-corrected chi connectivity index (χ4v) is 6.63. The van der Waals surface area contributed by atoms with Crippen LogP contribution in [0, 0.1) is 0 Å². The predicted octanol–water partition coefficient (Wildman–Crippen LogP) is 7.38. The number of methoxy groups -OCH3 is 1. The fraction of sp³-hybridized carbons (Fsp3) is 0.351. The Bertz CT molecular complexity index is 1700. The highest BCUT2D eigenvalue weighted by molar-refractivity contribution is 7.16. The van der Waals surface area contributed by atoms with Gasteiger partial charge in [-0.1, -0.05) is 57.2 Å². The van der Waals surface area contributed by atoms with Gasteiger partial charge in [0.2, 0.25) is 0 Å². The van der Waals surface area contributed by atoms with Crippen molar-refractivity contribution in [1.82, 2.24) is 5.32 Å². The van der Waals surface area contributed by atoms with Gasteiger partial charge in [-0.3, -0.25) is 19.4 Å². The van der Waals surface area contributed by atoms with Crippen molar-refractivity contribution in [2.75, 3.05) is 40.0 Å². The summed E-state index contributed by atoms with van der Waals surface area (Å²) in [6.45, 7) is 10.0. The smallest absolute Gasteiger partial charge is 0.251 e. The van der Waals surface area contributed by atoms with Gasteiger partial charge in [-0.05, 0) is 59.7 Å². The minimum absolute atomic E-state index is 0.0452. The topological polar surface area (TPSA) is 114 Å². The number of carbonyl (C=O) groups is 3. The van der Waals surface area contributed by atoms with Crippen LogP contribution in [0.3, 0.4) is 0 Å². The summed E-state index contributed by atoms with van der Waals surface area (Å²) >= 11 is 2.61. The van der Waals surface area contributed by atoms with E-state index in [2.05, 4.69) is 43.2 Å². The summed E-state index contributed by atoms with van der Waals surface area (Å²) in [6.07, 6.45) is 0.806. The molecule has 0 aliphatic carbocycles. The molecule has 0 saturated carbocycles. The van der Waals surface area contributed by atoms with E-state index in [9.17, 15) is 19.5 Å². The molecule has 8 nitrogen and oxygen atoms in total. The third-order valence-corrected chi connectivity index (χ3v) is 9.79. The van der Waals surface area contributed by atoms with Gasteiger partial charge in [-0.15, -0.1) is 22.7 Å². The normalized spacial score (nSPS) is 11.9. The third kappa shape index (κ3) is 10.0. The molecule has 10 heteroatoms. The Morgan fingerprint density at radius 1 is 0.894 bits per heavy atom. The first-order valence-corrected chi connectivity index (χ1v) is 17.2. The first-order valence-electron chi connectivity index (χ1n) is 15.5. The minimum Gasteiger partial charge on any atom is -0.506 e. The van der Waals surface area contributed by atoms with Gasteiger partial charge in [-0.25, -0.2) is 0 Å². The van der Waals surface area contributed by atoms with E-state index in [4.69, 9.17) is 9.47 Å². The maximum absolute atomic E-state index is 12.9. The number of ketones is 2. The quantitative estimate of drug-likeness (QED) is 0.0729. The summed E-state index contributed by atoms with van der Waals surface area (Å²) in [4.78, 5) is 44.3. The van der Waals surface area contributed by atoms with Crippen LogP contribution in [0.15, 0.2) is 71.0 Å². The molecule has 0 unspecified atom stereocenters. The van der Waals surface area contributed by atoms with E-state index in [1.54, 1.807) is 38.3 Å². The van der Waals surface area contributed by atoms with Gasteiger partial charge in [-0.2, -0.15) is 0 Å². The molecule has 0 spiro atoms. The Labute approximate surface area is 284 Å². The molecule has 0 bridgehead atoms. The van der Waals surface area contributed by atoms with Crippen molar-refractivity contribution >= 4 is 45.9 Å². The monoisotopic (exact) mass is 674 g/mol. The van der Waals surface area contributed by atoms with Gasteiger partial charge >= 0.3 is 0 Å². The standard InChI is InChI=1S/C37H42N2O6S2/c1-24(29-23-46-35(34(29)42)26-11-13-28(14-12-26)37(2,3)4)39-22-31(41)33-17-16-32(47-33)30(40)15-8-25-6-9-27(10-7-25)36(43)38-18-19-45-21-20-44-5/h6-7,9-14,16-17,23,42H,8,15,18-22H2,1-5H3,(H,38,43). The van der Waals surface area contributed by atoms with Crippen molar-refractivity contribution in [2.45, 2.75) is 46.0 Å². The molecule has 0 aliphatic heterocycles. The summed E-state index contributed by atoms with van der Waals surface area (Å²) in [6, 6.07) is 18.7. The van der Waals surface area contributed by atoms with Crippen molar-refractivity contribution in [2.24, 2.45) is 4.99 Å². The zero-order chi connectivity index (χ0) is 34.0. The average Bonchev–Trinajstić information content (AvgIpc) is 3.71. The lowest BCUT2D eigenvalue weighted by Crippen LogP contribution is -2.27. The number of hydrogen-bond donors (Lipinski definition) is 2. The van der Waals surface area contributed by atoms with E-state index < -0.39 is 0 Å². The second-order valence-electron chi connectivity index (χ2n) is 12.1. The van der Waals surface area contributed by atoms with Crippen LogP contribution in [0.2, 0.25) is 0 Å². The third-order valence-electron chi connectivity index (χ3n) is 7.60. The lowest BCUT2D eigenvalue weighted by Gasteiger charge is -2.19. The lowest BCUT2D eigenvalue weighted by molar-refractivity contribution is 0.0692. The first-order chi connectivity index (χ1) is 22.5. The van der Waals surface area contributed by atoms with Crippen molar-refractivity contribution in [3.05, 3.63) is 98.1 Å². The molecular weight excluding hydrogens is 633 g/mol. The highest BCUT2D eigenvalue weighted by atomic mass is 32.1. The molecule has 2 N–H and O–H groups in total. The molecule has 4 aromatic rings. The molecule has 0 fully saturated rings. The van der Waals surface area contributed by atoms with Crippen molar-refractivity contribution in [3.63, 3.8) is 0 Å². The van der Waals surface area contributed by atoms with Crippen molar-refractivity contribution in [1.29, 1.82) is 0 Å². The van der Waals surface area contributed by atoms with E-state index in [-0.39, 0.29) is 41.6 Å². The number of aliphatic imine (C=N–C) groups is 1. The Balaban J connectivity index is 1.26. The molecule has 2 aromatic heterocycles. The molecule has 2 aromatic carbocycles. The Morgan fingerprint density at radius 3 is 2.23 bits per heavy atom. The highest BCUT2D eigenvalue weighted by Gasteiger charge is 2.18. The number of thiophene rings is 2. The minimum atomic E-state index is -0.184. The molecule has 47 heavy (non-hydrogen) atoms. The average molecular weight is 675 g/mol. The van der Waals surface area contributed by atoms with E-state index >= 15 is 0 Å². The van der Waals surface area contributed by atoms with Gasteiger partial charge in [0.25, 0.3) is 5.91 Å². The highest BCUT2D eigenvalue weighted by Crippen LogP contribution is 2.39. The summed E-state index contributed by atoms with van der Waals surface area (Å²) in [5.74, 6) is -0.252. The van der Waals surface area contributed by atoms with Gasteiger partial charge in [0.15, 0.2) is 11.6 Å². The second-order valence-corrected chi connectivity index (χ2v) is 14.1. The molecule has 248 valence electrons. The number of carbonyl (C=O) groups excluding carboxylic acids is 3. The van der Waals surface area contributed by atoms with Crippen LogP contribution in [0.4, 0.5) is 0 Å². The number of amides is 1. The number of nitrogens with zero attached hydrogens (tertiary/aromatic N) is 1. The zero-order valence-corrected chi connectivity index (χ0v) is 29.2. The van der Waals surface area contributed by atoms with Crippen LogP contribution in [-0.4, -0.2) is 68.3 Å². The number of rotatable bonds is 16. The van der Waals surface area contributed by atoms with E-state index in [0.717, 1.165) is 16.0 Å². The lowest BCUT2D eigenvalue weighted by atomic mass is 9.86. The molecule has 4 rings (SSSR count). The maximum atomic E-state index is 12.9. The van der Waals surface area contributed by atoms with Gasteiger partial charge in [0, 0.05) is 42.3 Å².